The number of amides is 3. The number of aliphatic hydroxyl groups excluding tert-OH is 1. The van der Waals surface area contributed by atoms with E-state index in [9.17, 15) is 29.1 Å². The molecule has 2 atom stereocenters. The fraction of sp³-hybridized carbons (Fsp3) is 0.436. The number of anilines is 2. The number of piperazine rings is 1. The van der Waals surface area contributed by atoms with Crippen molar-refractivity contribution in [2.24, 2.45) is 5.73 Å². The van der Waals surface area contributed by atoms with Gasteiger partial charge in [-0.15, -0.1) is 15.3 Å². The van der Waals surface area contributed by atoms with E-state index in [2.05, 4.69) is 61.5 Å². The number of aromatic nitrogens is 11. The average molecular weight is 1180 g/mol. The number of rotatable bonds is 32. The molecule has 1 saturated heterocycles. The Labute approximate surface area is 487 Å². The molecule has 0 aliphatic carbocycles. The lowest BCUT2D eigenvalue weighted by Crippen LogP contribution is -2.50. The van der Waals surface area contributed by atoms with E-state index in [4.69, 9.17) is 36.3 Å². The number of aryl methyl sites for hydroxylation is 1. The van der Waals surface area contributed by atoms with Crippen molar-refractivity contribution in [3.05, 3.63) is 123 Å². The number of nitriles is 1. The predicted octanol–water partition coefficient (Wildman–Crippen LogP) is 3.51. The molecular formula is C55H65ClF2N18O8. The van der Waals surface area contributed by atoms with Gasteiger partial charge in [-0.3, -0.25) is 19.3 Å². The Kier molecular flexibility index (Phi) is 22.7. The van der Waals surface area contributed by atoms with Gasteiger partial charge in [0.15, 0.2) is 11.6 Å². The Hall–Kier alpha value is -8.30. The van der Waals surface area contributed by atoms with Crippen molar-refractivity contribution in [3.63, 3.8) is 0 Å². The number of fused-ring (bicyclic) bond motifs is 1. The third kappa shape index (κ3) is 16.9. The highest BCUT2D eigenvalue weighted by Crippen LogP contribution is 2.37. The predicted molar refractivity (Wildman–Crippen MR) is 301 cm³/mol. The van der Waals surface area contributed by atoms with E-state index in [0.717, 1.165) is 0 Å². The molecule has 26 nitrogen and oxygen atoms in total. The molecule has 84 heavy (non-hydrogen) atoms. The Morgan fingerprint density at radius 1 is 0.917 bits per heavy atom. The number of carbonyl (C=O) groups is 3. The van der Waals surface area contributed by atoms with Gasteiger partial charge in [0.25, 0.3) is 0 Å². The molecule has 5 aromatic heterocycles. The average Bonchev–Trinajstić information content (AvgIpc) is 4.19. The molecule has 1 fully saturated rings. The van der Waals surface area contributed by atoms with Crippen LogP contribution in [0.4, 0.5) is 20.4 Å². The van der Waals surface area contributed by atoms with E-state index in [1.54, 1.807) is 53.9 Å². The molecular weight excluding hydrogens is 1110 g/mol. The number of pyridine rings is 2. The zero-order valence-corrected chi connectivity index (χ0v) is 47.2. The van der Waals surface area contributed by atoms with Gasteiger partial charge in [-0.1, -0.05) is 40.2 Å². The molecule has 2 aromatic carbocycles. The first kappa shape index (κ1) is 61.8. The second-order valence-corrected chi connectivity index (χ2v) is 19.8. The normalized spacial score (nSPS) is 13.3. The minimum atomic E-state index is -0.656. The summed E-state index contributed by atoms with van der Waals surface area (Å²) >= 11 is 6.71. The zero-order chi connectivity index (χ0) is 59.4. The summed E-state index contributed by atoms with van der Waals surface area (Å²) in [6.45, 7) is 9.32. The van der Waals surface area contributed by atoms with Gasteiger partial charge in [-0.2, -0.15) is 10.5 Å². The summed E-state index contributed by atoms with van der Waals surface area (Å²) in [5, 5.41) is 47.9. The van der Waals surface area contributed by atoms with Crippen LogP contribution < -0.4 is 21.3 Å². The summed E-state index contributed by atoms with van der Waals surface area (Å²) in [5.41, 5.74) is 9.24. The second-order valence-electron chi connectivity index (χ2n) is 19.5. The van der Waals surface area contributed by atoms with E-state index in [1.807, 2.05) is 15.9 Å². The van der Waals surface area contributed by atoms with Crippen LogP contribution in [0.2, 0.25) is 5.02 Å². The smallest absolute Gasteiger partial charge is 0.249 e. The van der Waals surface area contributed by atoms with Gasteiger partial charge in [0.2, 0.25) is 23.7 Å². The maximum absolute atomic E-state index is 15.7. The number of nitrogens with zero attached hydrogens (tertiary/aromatic N) is 14. The van der Waals surface area contributed by atoms with Crippen molar-refractivity contribution < 1.29 is 47.2 Å². The molecule has 29 heteroatoms. The molecule has 7 aromatic rings. The van der Waals surface area contributed by atoms with Crippen LogP contribution in [0.5, 0.6) is 0 Å². The van der Waals surface area contributed by atoms with E-state index in [1.165, 1.54) is 36.7 Å². The number of hydrogen-bond acceptors (Lipinski definition) is 21. The molecule has 0 saturated carbocycles. The van der Waals surface area contributed by atoms with Crippen molar-refractivity contribution in [2.45, 2.75) is 51.7 Å². The van der Waals surface area contributed by atoms with E-state index in [0.29, 0.717) is 156 Å². The van der Waals surface area contributed by atoms with Crippen LogP contribution in [0, 0.1) is 29.9 Å². The second kappa shape index (κ2) is 30.8. The SMILES string of the molecule is Cc1nc2cc(F)c(-c3cnc(N4CCN(C(=O)COCCn5cc(CN(CCO)CCOCCOCCOCCNC(=O)CC[C@H](c6nn[nH]n6)c6ccccc6C(N)=O)nn5)CC4)nc3)nc2c(N[C@H](C)c2cc(C#N)ccc2F)c1Cl. The Bertz CT molecular complexity index is 3350. The first-order valence-corrected chi connectivity index (χ1v) is 27.6. The molecule has 444 valence electrons. The summed E-state index contributed by atoms with van der Waals surface area (Å²) in [7, 11) is 0. The van der Waals surface area contributed by atoms with E-state index >= 15 is 4.39 Å². The molecule has 3 amide bonds. The fourth-order valence-electron chi connectivity index (χ4n) is 9.30. The highest BCUT2D eigenvalue weighted by atomic mass is 35.5. The third-order valence-electron chi connectivity index (χ3n) is 13.7. The molecule has 0 radical (unpaired) electrons. The fourth-order valence-corrected chi connectivity index (χ4v) is 9.48. The number of tetrazole rings is 1. The van der Waals surface area contributed by atoms with Gasteiger partial charge >= 0.3 is 0 Å². The first-order chi connectivity index (χ1) is 40.8. The third-order valence-corrected chi connectivity index (χ3v) is 14.1. The summed E-state index contributed by atoms with van der Waals surface area (Å²) < 4.78 is 54.8. The highest BCUT2D eigenvalue weighted by molar-refractivity contribution is 6.35. The Morgan fingerprint density at radius 3 is 2.39 bits per heavy atom. The van der Waals surface area contributed by atoms with Crippen molar-refractivity contribution in [3.8, 4) is 17.3 Å². The number of aromatic amines is 1. The quantitative estimate of drug-likeness (QED) is 0.0377. The van der Waals surface area contributed by atoms with Crippen LogP contribution in [0.25, 0.3) is 22.3 Å². The maximum atomic E-state index is 15.7. The number of benzene rings is 2. The number of nitrogens with one attached hydrogen (secondary N) is 3. The van der Waals surface area contributed by atoms with Gasteiger partial charge in [0, 0.05) is 106 Å². The van der Waals surface area contributed by atoms with Crippen LogP contribution in [0.15, 0.2) is 67.1 Å². The topological polar surface area (TPSA) is 329 Å². The maximum Gasteiger partial charge on any atom is 0.249 e. The van der Waals surface area contributed by atoms with Gasteiger partial charge < -0.3 is 50.2 Å². The number of nitrogens with two attached hydrogens (primary N) is 1. The van der Waals surface area contributed by atoms with Crippen molar-refractivity contribution in [1.29, 1.82) is 5.26 Å². The molecule has 6 heterocycles. The molecule has 8 rings (SSSR count). The first-order valence-electron chi connectivity index (χ1n) is 27.2. The largest absolute Gasteiger partial charge is 0.395 e. The van der Waals surface area contributed by atoms with Gasteiger partial charge in [0.05, 0.1) is 105 Å². The van der Waals surface area contributed by atoms with Crippen LogP contribution in [-0.4, -0.2) is 193 Å². The van der Waals surface area contributed by atoms with Crippen molar-refractivity contribution in [2.75, 3.05) is 115 Å². The standard InChI is InChI=1S/C55H65ClF2N18O8/c1-35(43-27-37(29-59)7-9-44(43)57)65-52-49(56)36(2)64-46-28-45(58)50(66-51(46)52)38-30-62-55(63-31-38)75-14-12-74(13-15-75)48(79)34-84-22-18-76-33-39(67-72-76)32-73(16-19-77)17-21-82-24-26-83-25-23-81-20-11-61-47(78)10-8-42(54-68-70-71-69-54)40-5-3-4-6-41(40)53(60)80/h3-7,9,27-28,30-31,33,35,42,77H,8,10-26,32,34H2,1-2H3,(H2,60,80)(H,61,78)(H,64,65)(H,68,69,70,71)/t35-,42+/m1/s1. The lowest BCUT2D eigenvalue weighted by Gasteiger charge is -2.34. The summed E-state index contributed by atoms with van der Waals surface area (Å²) in [4.78, 5) is 61.4. The molecule has 1 aliphatic rings. The lowest BCUT2D eigenvalue weighted by atomic mass is 9.89. The van der Waals surface area contributed by atoms with E-state index in [-0.39, 0.29) is 65.4 Å². The van der Waals surface area contributed by atoms with Gasteiger partial charge in [-0.05, 0) is 50.1 Å². The van der Waals surface area contributed by atoms with Crippen molar-refractivity contribution >= 4 is 52.0 Å². The van der Waals surface area contributed by atoms with Crippen LogP contribution in [0.3, 0.4) is 0 Å². The molecule has 1 aliphatic heterocycles. The van der Waals surface area contributed by atoms with E-state index < -0.39 is 29.5 Å². The molecule has 0 unspecified atom stereocenters. The molecule has 0 bridgehead atoms. The minimum absolute atomic E-state index is 0.0396. The summed E-state index contributed by atoms with van der Waals surface area (Å²) in [5.74, 6) is -1.81. The number of halogens is 3. The number of primary amides is 1. The number of hydrogen-bond donors (Lipinski definition) is 5. The number of H-pyrrole nitrogens is 1. The minimum Gasteiger partial charge on any atom is -0.395 e. The highest BCUT2D eigenvalue weighted by Gasteiger charge is 2.26. The summed E-state index contributed by atoms with van der Waals surface area (Å²) in [6, 6.07) is 13.6. The zero-order valence-electron chi connectivity index (χ0n) is 46.4. The monoisotopic (exact) mass is 1180 g/mol. The van der Waals surface area contributed by atoms with Crippen LogP contribution in [0.1, 0.15) is 76.0 Å². The lowest BCUT2D eigenvalue weighted by molar-refractivity contribution is -0.136. The van der Waals surface area contributed by atoms with Gasteiger partial charge in [-0.25, -0.2) is 33.4 Å². The summed E-state index contributed by atoms with van der Waals surface area (Å²) in [6.07, 6.45) is 5.22. The molecule has 6 N–H and O–H groups in total. The van der Waals surface area contributed by atoms with Crippen LogP contribution in [-0.2, 0) is 41.6 Å². The number of ether oxygens (including phenoxy) is 4. The van der Waals surface area contributed by atoms with Crippen LogP contribution >= 0.6 is 11.6 Å². The molecule has 0 spiro atoms. The van der Waals surface area contributed by atoms with Crippen molar-refractivity contribution in [1.82, 2.24) is 70.7 Å². The Balaban J connectivity index is 0.674. The Morgan fingerprint density at radius 2 is 1.67 bits per heavy atom. The van der Waals surface area contributed by atoms with Gasteiger partial charge in [0.1, 0.15) is 23.6 Å². The number of aliphatic hydroxyl groups is 1. The number of carbonyl (C=O) groups excluding carboxylic acids is 3.